The number of methoxy groups -OCH3 is 1. The minimum Gasteiger partial charge on any atom is -0.494 e. The number of likely N-dealkylation sites (tertiary alicyclic amines) is 2. The summed E-state index contributed by atoms with van der Waals surface area (Å²) in [5.74, 6) is -4.69. The molecule has 4 aliphatic rings. The second kappa shape index (κ2) is 15.6. The van der Waals surface area contributed by atoms with Crippen molar-refractivity contribution in [3.8, 4) is 5.75 Å². The molecular weight excluding hydrogens is 767 g/mol. The van der Waals surface area contributed by atoms with Crippen LogP contribution in [0.2, 0.25) is 0 Å². The van der Waals surface area contributed by atoms with Gasteiger partial charge in [0.25, 0.3) is 5.91 Å². The van der Waals surface area contributed by atoms with Crippen molar-refractivity contribution in [3.05, 3.63) is 77.2 Å². The van der Waals surface area contributed by atoms with E-state index in [0.29, 0.717) is 49.2 Å². The summed E-state index contributed by atoms with van der Waals surface area (Å²) in [5.41, 5.74) is -0.661. The Kier molecular flexibility index (Phi) is 10.5. The summed E-state index contributed by atoms with van der Waals surface area (Å²) in [6, 6.07) is 9.32. The number of benzene rings is 2. The van der Waals surface area contributed by atoms with E-state index in [0.717, 1.165) is 56.3 Å². The molecule has 18 heteroatoms. The summed E-state index contributed by atoms with van der Waals surface area (Å²) in [6.45, 7) is 3.62. The number of nitrogens with one attached hydrogen (secondary N) is 2. The third kappa shape index (κ3) is 7.80. The van der Waals surface area contributed by atoms with Crippen LogP contribution >= 0.6 is 0 Å². The molecule has 2 N–H and O–H groups in total. The van der Waals surface area contributed by atoms with Crippen LogP contribution < -0.4 is 20.3 Å². The molecule has 306 valence electrons. The number of rotatable bonds is 8. The average molecular weight is 809 g/mol. The average Bonchev–Trinajstić information content (AvgIpc) is 3.60. The Morgan fingerprint density at radius 3 is 2.26 bits per heavy atom. The van der Waals surface area contributed by atoms with Gasteiger partial charge in [-0.05, 0) is 62.4 Å². The number of aromatic nitrogens is 3. The largest absolute Gasteiger partial charge is 0.494 e. The number of nitrogens with zero attached hydrogens (tertiary/aromatic N) is 6. The lowest BCUT2D eigenvalue weighted by atomic mass is 9.89. The number of alkyl halides is 3. The zero-order chi connectivity index (χ0) is 40.9. The molecule has 4 aromatic rings. The first-order valence-corrected chi connectivity index (χ1v) is 19.3. The van der Waals surface area contributed by atoms with Crippen LogP contribution in [0.4, 0.5) is 33.3 Å². The molecule has 0 bridgehead atoms. The monoisotopic (exact) mass is 808 g/mol. The molecule has 4 fully saturated rings. The first kappa shape index (κ1) is 39.2. The topological polar surface area (TPSA) is 142 Å². The molecule has 1 atom stereocenters. The standard InChI is InChI=1S/C40H41F5N8O5/c1-58-33-18-31-22(15-32(33)47-38(56)30-3-2-4-34(46-30)40(43,44)45)21-53(49-31)25-9-11-50(12-10-25)24-7-13-51(14-8-24)39(57)23-19-52(20-23)26-16-28(41)36(29(42)17-26)27-5-6-35(54)48-37(27)55/h2-4,15-18,21,23-25,27H,5-14,19-20H2,1H3,(H,47,56)(H,48,54,55)/t27-/m1/s1. The van der Waals surface area contributed by atoms with Crippen molar-refractivity contribution >= 4 is 45.9 Å². The smallest absolute Gasteiger partial charge is 0.433 e. The highest BCUT2D eigenvalue weighted by molar-refractivity contribution is 6.05. The van der Waals surface area contributed by atoms with Gasteiger partial charge in [-0.3, -0.25) is 29.2 Å². The third-order valence-corrected chi connectivity index (χ3v) is 11.8. The minimum atomic E-state index is -4.69. The maximum atomic E-state index is 15.1. The highest BCUT2D eigenvalue weighted by atomic mass is 19.4. The molecule has 0 saturated carbocycles. The van der Waals surface area contributed by atoms with Crippen molar-refractivity contribution in [2.75, 3.05) is 56.6 Å². The maximum absolute atomic E-state index is 15.1. The van der Waals surface area contributed by atoms with E-state index < -0.39 is 47.1 Å². The first-order valence-electron chi connectivity index (χ1n) is 19.3. The van der Waals surface area contributed by atoms with Crippen LogP contribution in [0.15, 0.2) is 48.7 Å². The molecule has 4 amide bonds. The van der Waals surface area contributed by atoms with Gasteiger partial charge in [0.05, 0.1) is 36.2 Å². The van der Waals surface area contributed by atoms with E-state index in [1.54, 1.807) is 17.0 Å². The molecule has 6 heterocycles. The third-order valence-electron chi connectivity index (χ3n) is 11.8. The Hall–Kier alpha value is -5.65. The number of ether oxygens (including phenoxy) is 1. The molecule has 2 aromatic heterocycles. The molecule has 0 aliphatic carbocycles. The normalized spacial score (nSPS) is 20.3. The lowest BCUT2D eigenvalue weighted by Gasteiger charge is -2.45. The second-order valence-electron chi connectivity index (χ2n) is 15.3. The summed E-state index contributed by atoms with van der Waals surface area (Å²) < 4.78 is 77.0. The van der Waals surface area contributed by atoms with Crippen LogP contribution in [0.5, 0.6) is 5.75 Å². The quantitative estimate of drug-likeness (QED) is 0.180. The molecule has 0 unspecified atom stereocenters. The van der Waals surface area contributed by atoms with E-state index in [2.05, 4.69) is 20.5 Å². The van der Waals surface area contributed by atoms with Gasteiger partial charge in [-0.15, -0.1) is 0 Å². The van der Waals surface area contributed by atoms with Crippen LogP contribution in [-0.4, -0.2) is 101 Å². The highest BCUT2D eigenvalue weighted by Crippen LogP contribution is 2.36. The Morgan fingerprint density at radius 2 is 1.60 bits per heavy atom. The number of imide groups is 1. The lowest BCUT2D eigenvalue weighted by molar-refractivity contribution is -0.141. The van der Waals surface area contributed by atoms with E-state index in [4.69, 9.17) is 9.84 Å². The lowest BCUT2D eigenvalue weighted by Crippen LogP contribution is -2.57. The fourth-order valence-corrected chi connectivity index (χ4v) is 8.56. The van der Waals surface area contributed by atoms with Gasteiger partial charge in [0.15, 0.2) is 0 Å². The number of hydrogen-bond donors (Lipinski definition) is 2. The number of pyridine rings is 1. The SMILES string of the molecule is COc1cc2nn(C3CCN(C4CCN(C(=O)C5CN(c6cc(F)c([C@H]7CCC(=O)NC7=O)c(F)c6)C5)CC4)CC3)cc2cc1NC(=O)c1cccc(C(F)(F)F)n1. The van der Waals surface area contributed by atoms with Crippen molar-refractivity contribution in [1.29, 1.82) is 0 Å². The number of piperidine rings is 3. The number of amides is 4. The summed E-state index contributed by atoms with van der Waals surface area (Å²) in [7, 11) is 1.43. The van der Waals surface area contributed by atoms with Gasteiger partial charge in [-0.1, -0.05) is 6.07 Å². The van der Waals surface area contributed by atoms with Crippen LogP contribution in [0.3, 0.4) is 0 Å². The molecule has 0 radical (unpaired) electrons. The van der Waals surface area contributed by atoms with E-state index in [1.165, 1.54) is 25.3 Å². The molecule has 58 heavy (non-hydrogen) atoms. The van der Waals surface area contributed by atoms with Crippen molar-refractivity contribution in [2.24, 2.45) is 5.92 Å². The van der Waals surface area contributed by atoms with Gasteiger partial charge < -0.3 is 24.8 Å². The van der Waals surface area contributed by atoms with E-state index in [1.807, 2.05) is 15.8 Å². The molecule has 4 aliphatic heterocycles. The number of fused-ring (bicyclic) bond motifs is 1. The van der Waals surface area contributed by atoms with Gasteiger partial charge in [-0.25, -0.2) is 13.8 Å². The molecule has 4 saturated heterocycles. The molecular formula is C40H41F5N8O5. The summed E-state index contributed by atoms with van der Waals surface area (Å²) in [5, 5.41) is 10.3. The van der Waals surface area contributed by atoms with Crippen molar-refractivity contribution in [2.45, 2.75) is 62.7 Å². The Balaban J connectivity index is 0.815. The van der Waals surface area contributed by atoms with Gasteiger partial charge in [0.1, 0.15) is 28.8 Å². The van der Waals surface area contributed by atoms with Gasteiger partial charge in [-0.2, -0.15) is 18.3 Å². The number of carbonyl (C=O) groups is 4. The van der Waals surface area contributed by atoms with Crippen LogP contribution in [0.1, 0.15) is 72.2 Å². The molecule has 8 rings (SSSR count). The Bertz CT molecular complexity index is 2240. The van der Waals surface area contributed by atoms with Crippen LogP contribution in [0.25, 0.3) is 10.9 Å². The van der Waals surface area contributed by atoms with Crippen molar-refractivity contribution in [3.63, 3.8) is 0 Å². The zero-order valence-corrected chi connectivity index (χ0v) is 31.5. The molecule has 0 spiro atoms. The number of carbonyl (C=O) groups excluding carboxylic acids is 4. The fourth-order valence-electron chi connectivity index (χ4n) is 8.56. The van der Waals surface area contributed by atoms with E-state index in [-0.39, 0.29) is 47.7 Å². The fraction of sp³-hybridized carbons (Fsp3) is 0.450. The maximum Gasteiger partial charge on any atom is 0.433 e. The predicted octanol–water partition coefficient (Wildman–Crippen LogP) is 5.27. The van der Waals surface area contributed by atoms with E-state index in [9.17, 15) is 32.3 Å². The summed E-state index contributed by atoms with van der Waals surface area (Å²) >= 11 is 0. The number of anilines is 2. The number of hydrogen-bond acceptors (Lipinski definition) is 9. The Labute approximate surface area is 329 Å². The van der Waals surface area contributed by atoms with Gasteiger partial charge in [0.2, 0.25) is 17.7 Å². The minimum absolute atomic E-state index is 0.0118. The first-order chi connectivity index (χ1) is 27.7. The van der Waals surface area contributed by atoms with E-state index >= 15 is 8.78 Å². The predicted molar refractivity (Wildman–Crippen MR) is 200 cm³/mol. The Morgan fingerprint density at radius 1 is 0.914 bits per heavy atom. The van der Waals surface area contributed by atoms with Crippen molar-refractivity contribution < 1.29 is 45.9 Å². The zero-order valence-electron chi connectivity index (χ0n) is 31.5. The van der Waals surface area contributed by atoms with Gasteiger partial charge in [0, 0.05) is 80.6 Å². The highest BCUT2D eigenvalue weighted by Gasteiger charge is 2.40. The van der Waals surface area contributed by atoms with Crippen LogP contribution in [-0.2, 0) is 20.6 Å². The van der Waals surface area contributed by atoms with Gasteiger partial charge >= 0.3 is 6.18 Å². The molecule has 2 aromatic carbocycles. The van der Waals surface area contributed by atoms with Crippen molar-refractivity contribution in [1.82, 2.24) is 29.9 Å². The van der Waals surface area contributed by atoms with Crippen LogP contribution in [0, 0.1) is 17.6 Å². The molecule has 13 nitrogen and oxygen atoms in total. The second-order valence-corrected chi connectivity index (χ2v) is 15.3. The summed E-state index contributed by atoms with van der Waals surface area (Å²) in [4.78, 5) is 59.5. The number of halogens is 5. The summed E-state index contributed by atoms with van der Waals surface area (Å²) in [6.07, 6.45) is 0.625.